The van der Waals surface area contributed by atoms with E-state index in [1.165, 1.54) is 7.11 Å². The molecule has 0 radical (unpaired) electrons. The van der Waals surface area contributed by atoms with E-state index < -0.39 is 11.7 Å². The zero-order chi connectivity index (χ0) is 26.3. The van der Waals surface area contributed by atoms with E-state index >= 15 is 0 Å². The molecule has 0 saturated carbocycles. The van der Waals surface area contributed by atoms with Crippen LogP contribution in [0.3, 0.4) is 0 Å². The molecular weight excluding hydrogens is 464 g/mol. The van der Waals surface area contributed by atoms with Gasteiger partial charge in [0.2, 0.25) is 11.9 Å². The molecule has 194 valence electrons. The Balaban J connectivity index is 1.55. The van der Waals surface area contributed by atoms with Gasteiger partial charge in [-0.1, -0.05) is 18.2 Å². The van der Waals surface area contributed by atoms with E-state index in [1.54, 1.807) is 50.0 Å². The molecule has 0 unspecified atom stereocenters. The summed E-state index contributed by atoms with van der Waals surface area (Å²) in [5, 5.41) is 2.49. The van der Waals surface area contributed by atoms with Crippen LogP contribution in [-0.2, 0) is 20.8 Å². The molecule has 1 saturated heterocycles. The minimum atomic E-state index is -0.625. The number of likely N-dealkylation sites (N-methyl/N-ethyl adjacent to an activating group) is 1. The van der Waals surface area contributed by atoms with Crippen molar-refractivity contribution in [3.63, 3.8) is 0 Å². The van der Waals surface area contributed by atoms with Crippen molar-refractivity contribution in [3.05, 3.63) is 42.2 Å². The third-order valence-corrected chi connectivity index (χ3v) is 5.52. The van der Waals surface area contributed by atoms with E-state index in [4.69, 9.17) is 9.47 Å². The SMILES string of the molecule is COC(=O)N1CCN(c2ncc(-c3cccc(CN(C)C(=O)CNC(=O)OC(C)(C)C)c3)cn2)CC1. The van der Waals surface area contributed by atoms with Gasteiger partial charge in [0, 0.05) is 57.7 Å². The fourth-order valence-corrected chi connectivity index (χ4v) is 3.66. The predicted octanol–water partition coefficient (Wildman–Crippen LogP) is 2.52. The van der Waals surface area contributed by atoms with E-state index in [9.17, 15) is 14.4 Å². The smallest absolute Gasteiger partial charge is 0.409 e. The maximum atomic E-state index is 12.4. The number of rotatable bonds is 6. The second-order valence-electron chi connectivity index (χ2n) is 9.52. The average molecular weight is 499 g/mol. The number of alkyl carbamates (subject to hydrolysis) is 1. The molecular formula is C25H34N6O5. The van der Waals surface area contributed by atoms with Crippen LogP contribution in [-0.4, -0.2) is 90.3 Å². The normalized spacial score (nSPS) is 13.7. The highest BCUT2D eigenvalue weighted by Crippen LogP contribution is 2.21. The molecule has 2 heterocycles. The van der Waals surface area contributed by atoms with Crippen LogP contribution in [0, 0.1) is 0 Å². The Morgan fingerprint density at radius 3 is 2.33 bits per heavy atom. The van der Waals surface area contributed by atoms with Crippen molar-refractivity contribution in [2.24, 2.45) is 0 Å². The number of nitrogens with zero attached hydrogens (tertiary/aromatic N) is 5. The summed E-state index contributed by atoms with van der Waals surface area (Å²) < 4.78 is 9.93. The maximum Gasteiger partial charge on any atom is 0.409 e. The van der Waals surface area contributed by atoms with Gasteiger partial charge in [-0.05, 0) is 38.0 Å². The van der Waals surface area contributed by atoms with Crippen LogP contribution in [0.2, 0.25) is 0 Å². The highest BCUT2D eigenvalue weighted by atomic mass is 16.6. The molecule has 11 nitrogen and oxygen atoms in total. The first-order valence-electron chi connectivity index (χ1n) is 11.8. The molecule has 11 heteroatoms. The summed E-state index contributed by atoms with van der Waals surface area (Å²) in [6, 6.07) is 7.80. The van der Waals surface area contributed by atoms with Gasteiger partial charge in [-0.2, -0.15) is 0 Å². The van der Waals surface area contributed by atoms with Crippen molar-refractivity contribution in [2.45, 2.75) is 32.9 Å². The predicted molar refractivity (Wildman–Crippen MR) is 134 cm³/mol. The number of hydrogen-bond donors (Lipinski definition) is 1. The molecule has 36 heavy (non-hydrogen) atoms. The van der Waals surface area contributed by atoms with Crippen LogP contribution >= 0.6 is 0 Å². The van der Waals surface area contributed by atoms with Crippen molar-refractivity contribution in [2.75, 3.05) is 51.8 Å². The molecule has 1 N–H and O–H groups in total. The van der Waals surface area contributed by atoms with Gasteiger partial charge >= 0.3 is 12.2 Å². The number of carbonyl (C=O) groups excluding carboxylic acids is 3. The minimum Gasteiger partial charge on any atom is -0.453 e. The summed E-state index contributed by atoms with van der Waals surface area (Å²) in [5.74, 6) is 0.383. The fourth-order valence-electron chi connectivity index (χ4n) is 3.66. The first-order valence-corrected chi connectivity index (χ1v) is 11.8. The second-order valence-corrected chi connectivity index (χ2v) is 9.52. The maximum absolute atomic E-state index is 12.4. The lowest BCUT2D eigenvalue weighted by molar-refractivity contribution is -0.129. The van der Waals surface area contributed by atoms with Crippen molar-refractivity contribution < 1.29 is 23.9 Å². The Morgan fingerprint density at radius 1 is 1.06 bits per heavy atom. The van der Waals surface area contributed by atoms with E-state index in [2.05, 4.69) is 15.3 Å². The Morgan fingerprint density at radius 2 is 1.72 bits per heavy atom. The summed E-state index contributed by atoms with van der Waals surface area (Å²) in [4.78, 5) is 50.2. The first-order chi connectivity index (χ1) is 17.1. The van der Waals surface area contributed by atoms with Crippen molar-refractivity contribution in [1.29, 1.82) is 0 Å². The number of aromatic nitrogens is 2. The monoisotopic (exact) mass is 498 g/mol. The number of ether oxygens (including phenoxy) is 2. The molecule has 1 aliphatic rings. The van der Waals surface area contributed by atoms with Crippen LogP contribution in [0.25, 0.3) is 11.1 Å². The van der Waals surface area contributed by atoms with Gasteiger partial charge in [0.15, 0.2) is 0 Å². The van der Waals surface area contributed by atoms with E-state index in [0.717, 1.165) is 16.7 Å². The minimum absolute atomic E-state index is 0.145. The molecule has 0 bridgehead atoms. The van der Waals surface area contributed by atoms with Gasteiger partial charge < -0.3 is 29.5 Å². The molecule has 1 aromatic carbocycles. The quantitative estimate of drug-likeness (QED) is 0.646. The molecule has 1 aromatic heterocycles. The van der Waals surface area contributed by atoms with Crippen LogP contribution in [0.1, 0.15) is 26.3 Å². The summed E-state index contributed by atoms with van der Waals surface area (Å²) in [5.41, 5.74) is 2.10. The second kappa shape index (κ2) is 11.7. The largest absolute Gasteiger partial charge is 0.453 e. The number of carbonyl (C=O) groups is 3. The number of methoxy groups -OCH3 is 1. The zero-order valence-corrected chi connectivity index (χ0v) is 21.5. The van der Waals surface area contributed by atoms with Gasteiger partial charge in [-0.15, -0.1) is 0 Å². The van der Waals surface area contributed by atoms with E-state index in [1.807, 2.05) is 29.2 Å². The molecule has 3 rings (SSSR count). The lowest BCUT2D eigenvalue weighted by Crippen LogP contribution is -2.49. The topological polar surface area (TPSA) is 117 Å². The van der Waals surface area contributed by atoms with Gasteiger partial charge in [-0.3, -0.25) is 4.79 Å². The highest BCUT2D eigenvalue weighted by molar-refractivity contribution is 5.82. The first kappa shape index (κ1) is 26.7. The van der Waals surface area contributed by atoms with E-state index in [-0.39, 0.29) is 18.5 Å². The van der Waals surface area contributed by atoms with Crippen molar-refractivity contribution in [1.82, 2.24) is 25.1 Å². The number of piperazine rings is 1. The summed E-state index contributed by atoms with van der Waals surface area (Å²) in [6.45, 7) is 7.90. The highest BCUT2D eigenvalue weighted by Gasteiger charge is 2.23. The zero-order valence-electron chi connectivity index (χ0n) is 21.5. The third-order valence-electron chi connectivity index (χ3n) is 5.52. The Kier molecular flexibility index (Phi) is 8.68. The number of anilines is 1. The Labute approximate surface area is 211 Å². The molecule has 0 aliphatic carbocycles. The molecule has 0 atom stereocenters. The van der Waals surface area contributed by atoms with Gasteiger partial charge in [0.05, 0.1) is 7.11 Å². The number of nitrogens with one attached hydrogen (secondary N) is 1. The lowest BCUT2D eigenvalue weighted by Gasteiger charge is -2.33. The van der Waals surface area contributed by atoms with Gasteiger partial charge in [-0.25, -0.2) is 19.6 Å². The van der Waals surface area contributed by atoms with Crippen LogP contribution < -0.4 is 10.2 Å². The third kappa shape index (κ3) is 7.56. The van der Waals surface area contributed by atoms with Crippen LogP contribution in [0.15, 0.2) is 36.7 Å². The van der Waals surface area contributed by atoms with E-state index in [0.29, 0.717) is 38.7 Å². The molecule has 0 spiro atoms. The number of hydrogen-bond acceptors (Lipinski definition) is 8. The number of amides is 3. The Hall–Kier alpha value is -3.89. The molecule has 1 aliphatic heterocycles. The molecule has 3 amide bonds. The standard InChI is InChI=1S/C25H34N6O5/c1-25(2,3)36-23(33)28-16-21(32)29(4)17-18-7-6-8-19(13-18)20-14-26-22(27-15-20)30-9-11-31(12-10-30)24(34)35-5/h6-8,13-15H,9-12,16-17H2,1-5H3,(H,28,33). The van der Waals surface area contributed by atoms with Crippen molar-refractivity contribution >= 4 is 24.0 Å². The molecule has 1 fully saturated rings. The van der Waals surface area contributed by atoms with Crippen LogP contribution in [0.5, 0.6) is 0 Å². The van der Waals surface area contributed by atoms with Gasteiger partial charge in [0.1, 0.15) is 12.1 Å². The number of benzene rings is 1. The molecule has 2 aromatic rings. The summed E-state index contributed by atoms with van der Waals surface area (Å²) in [6.07, 6.45) is 2.60. The van der Waals surface area contributed by atoms with Crippen molar-refractivity contribution in [3.8, 4) is 11.1 Å². The fraction of sp³-hybridized carbons (Fsp3) is 0.480. The van der Waals surface area contributed by atoms with Crippen LogP contribution in [0.4, 0.5) is 15.5 Å². The lowest BCUT2D eigenvalue weighted by atomic mass is 10.1. The Bertz CT molecular complexity index is 1060. The summed E-state index contributed by atoms with van der Waals surface area (Å²) in [7, 11) is 3.06. The summed E-state index contributed by atoms with van der Waals surface area (Å²) >= 11 is 0. The van der Waals surface area contributed by atoms with Gasteiger partial charge in [0.25, 0.3) is 0 Å². The average Bonchev–Trinajstić information content (AvgIpc) is 2.86.